The lowest BCUT2D eigenvalue weighted by atomic mass is 10.1. The number of aryl methyl sites for hydroxylation is 1. The Morgan fingerprint density at radius 1 is 1.38 bits per heavy atom. The van der Waals surface area contributed by atoms with Gasteiger partial charge in [-0.2, -0.15) is 0 Å². The zero-order valence-corrected chi connectivity index (χ0v) is 9.12. The molecule has 4 N–H and O–H groups in total. The molecule has 0 radical (unpaired) electrons. The van der Waals surface area contributed by atoms with Crippen LogP contribution in [0.1, 0.15) is 15.9 Å². The van der Waals surface area contributed by atoms with Gasteiger partial charge in [-0.3, -0.25) is 15.6 Å². The molecule has 0 heterocycles. The Hall–Kier alpha value is -1.76. The van der Waals surface area contributed by atoms with Crippen molar-refractivity contribution >= 4 is 23.2 Å². The number of rotatable bonds is 1. The number of amides is 1. The van der Waals surface area contributed by atoms with E-state index in [9.17, 15) is 13.6 Å². The normalized spacial score (nSPS) is 9.69. The van der Waals surface area contributed by atoms with Crippen LogP contribution in [0.3, 0.4) is 0 Å². The molecule has 0 spiro atoms. The van der Waals surface area contributed by atoms with E-state index in [1.807, 2.05) is 5.43 Å². The molecule has 0 aliphatic rings. The highest BCUT2D eigenvalue weighted by molar-refractivity contribution is 7.80. The van der Waals surface area contributed by atoms with Gasteiger partial charge in [-0.05, 0) is 30.8 Å². The second-order valence-electron chi connectivity index (χ2n) is 3.00. The van der Waals surface area contributed by atoms with Gasteiger partial charge in [-0.15, -0.1) is 0 Å². The van der Waals surface area contributed by atoms with E-state index >= 15 is 0 Å². The van der Waals surface area contributed by atoms with Gasteiger partial charge in [0.2, 0.25) is 0 Å². The molecule has 0 aliphatic heterocycles. The summed E-state index contributed by atoms with van der Waals surface area (Å²) in [6, 6.07) is 2.25. The molecule has 1 rings (SSSR count). The summed E-state index contributed by atoms with van der Waals surface area (Å²) in [5.74, 6) is -2.85. The molecule has 0 saturated heterocycles. The van der Waals surface area contributed by atoms with Crippen molar-refractivity contribution in [3.63, 3.8) is 0 Å². The second-order valence-corrected chi connectivity index (χ2v) is 3.44. The van der Waals surface area contributed by atoms with Crippen LogP contribution < -0.4 is 16.6 Å². The zero-order valence-electron chi connectivity index (χ0n) is 8.30. The van der Waals surface area contributed by atoms with Crippen LogP contribution in [-0.2, 0) is 0 Å². The van der Waals surface area contributed by atoms with Crippen molar-refractivity contribution in [3.05, 3.63) is 34.9 Å². The molecular weight excluding hydrogens is 236 g/mol. The van der Waals surface area contributed by atoms with Crippen LogP contribution in [0.4, 0.5) is 8.78 Å². The lowest BCUT2D eigenvalue weighted by molar-refractivity contribution is 0.0935. The summed E-state index contributed by atoms with van der Waals surface area (Å²) in [6.07, 6.45) is 0. The first-order chi connectivity index (χ1) is 7.43. The summed E-state index contributed by atoms with van der Waals surface area (Å²) < 4.78 is 26.7. The third-order valence-electron chi connectivity index (χ3n) is 1.81. The Balaban J connectivity index is 2.99. The minimum atomic E-state index is -0.980. The van der Waals surface area contributed by atoms with E-state index in [-0.39, 0.29) is 10.7 Å². The van der Waals surface area contributed by atoms with E-state index in [1.54, 1.807) is 0 Å². The zero-order chi connectivity index (χ0) is 12.3. The molecule has 0 unspecified atom stereocenters. The molecule has 7 heteroatoms. The maximum atomic E-state index is 13.4. The lowest BCUT2D eigenvalue weighted by Gasteiger charge is -2.09. The van der Waals surface area contributed by atoms with Crippen LogP contribution >= 0.6 is 12.2 Å². The smallest absolute Gasteiger partial charge is 0.275 e. The Morgan fingerprint density at radius 2 is 2.00 bits per heavy atom. The summed E-state index contributed by atoms with van der Waals surface area (Å²) in [5.41, 5.74) is 8.60. The molecule has 1 aromatic carbocycles. The number of hydrazine groups is 1. The highest BCUT2D eigenvalue weighted by Crippen LogP contribution is 2.15. The molecular formula is C9H9F2N3OS. The van der Waals surface area contributed by atoms with Crippen molar-refractivity contribution in [3.8, 4) is 0 Å². The largest absolute Gasteiger partial charge is 0.375 e. The van der Waals surface area contributed by atoms with E-state index in [0.29, 0.717) is 0 Å². The Bertz CT molecular complexity index is 451. The highest BCUT2D eigenvalue weighted by atomic mass is 32.1. The molecule has 0 aromatic heterocycles. The predicted molar refractivity (Wildman–Crippen MR) is 58.5 cm³/mol. The maximum Gasteiger partial charge on any atom is 0.275 e. The van der Waals surface area contributed by atoms with Crippen molar-refractivity contribution < 1.29 is 13.6 Å². The standard InChI is InChI=1S/C9H9F2N3OS/c1-4-2-3-5(10)6(7(4)11)8(15)13-14-9(12)16/h2-3H,1H3,(H,13,15)(H3,12,14,16). The quantitative estimate of drug-likeness (QED) is 0.504. The fourth-order valence-electron chi connectivity index (χ4n) is 1.05. The van der Waals surface area contributed by atoms with Gasteiger partial charge in [0.05, 0.1) is 0 Å². The summed E-state index contributed by atoms with van der Waals surface area (Å²) >= 11 is 4.42. The SMILES string of the molecule is Cc1ccc(F)c(C(=O)NNC(N)=S)c1F. The highest BCUT2D eigenvalue weighted by Gasteiger charge is 2.18. The number of nitrogens with one attached hydrogen (secondary N) is 2. The van der Waals surface area contributed by atoms with Gasteiger partial charge in [0.1, 0.15) is 17.2 Å². The molecule has 86 valence electrons. The first kappa shape index (κ1) is 12.3. The van der Waals surface area contributed by atoms with Crippen LogP contribution in [0.2, 0.25) is 0 Å². The summed E-state index contributed by atoms with van der Waals surface area (Å²) in [4.78, 5) is 11.4. The second kappa shape index (κ2) is 4.84. The van der Waals surface area contributed by atoms with Gasteiger partial charge in [-0.1, -0.05) is 6.07 Å². The minimum absolute atomic E-state index is 0.168. The van der Waals surface area contributed by atoms with E-state index < -0.39 is 23.1 Å². The molecule has 1 aromatic rings. The van der Waals surface area contributed by atoms with Crippen molar-refractivity contribution in [2.75, 3.05) is 0 Å². The van der Waals surface area contributed by atoms with Crippen molar-refractivity contribution in [1.82, 2.24) is 10.9 Å². The Morgan fingerprint density at radius 3 is 2.56 bits per heavy atom. The van der Waals surface area contributed by atoms with Crippen LogP contribution in [0, 0.1) is 18.6 Å². The van der Waals surface area contributed by atoms with Gasteiger partial charge in [0, 0.05) is 0 Å². The molecule has 0 bridgehead atoms. The molecule has 1 amide bonds. The number of hydrogen-bond acceptors (Lipinski definition) is 2. The van der Waals surface area contributed by atoms with Crippen LogP contribution in [-0.4, -0.2) is 11.0 Å². The molecule has 4 nitrogen and oxygen atoms in total. The lowest BCUT2D eigenvalue weighted by Crippen LogP contribution is -2.44. The Kier molecular flexibility index (Phi) is 3.73. The molecule has 0 atom stereocenters. The van der Waals surface area contributed by atoms with Crippen LogP contribution in [0.5, 0.6) is 0 Å². The number of nitrogens with two attached hydrogens (primary N) is 1. The van der Waals surface area contributed by atoms with Gasteiger partial charge in [0.15, 0.2) is 5.11 Å². The van der Waals surface area contributed by atoms with Gasteiger partial charge < -0.3 is 5.73 Å². The summed E-state index contributed by atoms with van der Waals surface area (Å²) in [6.45, 7) is 1.42. The van der Waals surface area contributed by atoms with Gasteiger partial charge in [-0.25, -0.2) is 8.78 Å². The van der Waals surface area contributed by atoms with E-state index in [0.717, 1.165) is 6.07 Å². The number of hydrogen-bond donors (Lipinski definition) is 3. The van der Waals surface area contributed by atoms with Crippen LogP contribution in [0.15, 0.2) is 12.1 Å². The number of carbonyl (C=O) groups excluding carboxylic acids is 1. The summed E-state index contributed by atoms with van der Waals surface area (Å²) in [5, 5.41) is -0.207. The predicted octanol–water partition coefficient (Wildman–Crippen LogP) is 0.751. The number of carbonyl (C=O) groups is 1. The molecule has 16 heavy (non-hydrogen) atoms. The fraction of sp³-hybridized carbons (Fsp3) is 0.111. The monoisotopic (exact) mass is 245 g/mol. The minimum Gasteiger partial charge on any atom is -0.375 e. The average molecular weight is 245 g/mol. The first-order valence-electron chi connectivity index (χ1n) is 4.24. The Labute approximate surface area is 95.8 Å². The fourth-order valence-corrected chi connectivity index (χ4v) is 1.10. The first-order valence-corrected chi connectivity index (χ1v) is 4.64. The van der Waals surface area contributed by atoms with Gasteiger partial charge in [0.25, 0.3) is 5.91 Å². The molecule has 0 saturated carbocycles. The third-order valence-corrected chi connectivity index (χ3v) is 1.91. The maximum absolute atomic E-state index is 13.4. The summed E-state index contributed by atoms with van der Waals surface area (Å²) in [7, 11) is 0. The third kappa shape index (κ3) is 2.63. The molecule has 0 aliphatic carbocycles. The average Bonchev–Trinajstić information content (AvgIpc) is 2.21. The number of thiocarbonyl (C=S) groups is 1. The molecule has 0 fully saturated rings. The number of benzene rings is 1. The van der Waals surface area contributed by atoms with Crippen molar-refractivity contribution in [2.45, 2.75) is 6.92 Å². The van der Waals surface area contributed by atoms with Crippen LogP contribution in [0.25, 0.3) is 0 Å². The topological polar surface area (TPSA) is 67.2 Å². The number of halogens is 2. The van der Waals surface area contributed by atoms with Crippen molar-refractivity contribution in [2.24, 2.45) is 5.73 Å². The van der Waals surface area contributed by atoms with E-state index in [2.05, 4.69) is 17.6 Å². The van der Waals surface area contributed by atoms with E-state index in [4.69, 9.17) is 5.73 Å². The van der Waals surface area contributed by atoms with E-state index in [1.165, 1.54) is 13.0 Å². The van der Waals surface area contributed by atoms with Gasteiger partial charge >= 0.3 is 0 Å². The van der Waals surface area contributed by atoms with Crippen molar-refractivity contribution in [1.29, 1.82) is 0 Å².